The number of rotatable bonds is 7. The summed E-state index contributed by atoms with van der Waals surface area (Å²) in [5, 5.41) is 7.38. The minimum Gasteiger partial charge on any atom is -0.384 e. The predicted octanol–water partition coefficient (Wildman–Crippen LogP) is 4.89. The van der Waals surface area contributed by atoms with Crippen LogP contribution in [0.15, 0.2) is 35.0 Å². The van der Waals surface area contributed by atoms with Gasteiger partial charge in [0, 0.05) is 30.3 Å². The molecule has 2 aromatic rings. The third-order valence-electron chi connectivity index (χ3n) is 6.08. The molecule has 35 heavy (non-hydrogen) atoms. The lowest BCUT2D eigenvalue weighted by Gasteiger charge is -2.41. The Hall–Kier alpha value is -1.66. The van der Waals surface area contributed by atoms with E-state index in [1.807, 2.05) is 19.0 Å². The molecule has 1 aromatic heterocycles. The molecular formula is C24H34F3N3O3S2. The lowest BCUT2D eigenvalue weighted by Crippen LogP contribution is -2.42. The molecule has 3 atom stereocenters. The Balaban J connectivity index is 0.000000497. The molecule has 6 nitrogen and oxygen atoms in total. The molecule has 2 aliphatic heterocycles. The number of thiophene rings is 1. The van der Waals surface area contributed by atoms with Crippen molar-refractivity contribution in [1.29, 1.82) is 0 Å². The van der Waals surface area contributed by atoms with Gasteiger partial charge in [-0.3, -0.25) is 0 Å². The third kappa shape index (κ3) is 8.45. The Kier molecular flexibility index (Phi) is 9.61. The summed E-state index contributed by atoms with van der Waals surface area (Å²) in [4.78, 5) is 1.92. The Morgan fingerprint density at radius 3 is 2.60 bits per heavy atom. The quantitative estimate of drug-likeness (QED) is 0.530. The monoisotopic (exact) mass is 533 g/mol. The van der Waals surface area contributed by atoms with E-state index in [1.54, 1.807) is 11.3 Å². The van der Waals surface area contributed by atoms with Crippen LogP contribution in [0.25, 0.3) is 0 Å². The van der Waals surface area contributed by atoms with Crippen LogP contribution in [0.2, 0.25) is 0 Å². The van der Waals surface area contributed by atoms with Crippen molar-refractivity contribution in [2.45, 2.75) is 44.6 Å². The maximum atomic E-state index is 13.1. The molecule has 0 spiro atoms. The number of hydrogen-bond donors (Lipinski definition) is 2. The van der Waals surface area contributed by atoms with Crippen molar-refractivity contribution in [1.82, 2.24) is 9.62 Å². The Labute approximate surface area is 209 Å². The van der Waals surface area contributed by atoms with E-state index in [-0.39, 0.29) is 24.3 Å². The topological polar surface area (TPSA) is 70.7 Å². The molecule has 1 aromatic carbocycles. The van der Waals surface area contributed by atoms with Crippen molar-refractivity contribution in [3.63, 3.8) is 0 Å². The summed E-state index contributed by atoms with van der Waals surface area (Å²) >= 11 is 1.74. The van der Waals surface area contributed by atoms with Gasteiger partial charge in [-0.25, -0.2) is 13.1 Å². The Bertz CT molecular complexity index is 1040. The normalized spacial score (nSPS) is 22.0. The van der Waals surface area contributed by atoms with E-state index in [1.165, 1.54) is 11.6 Å². The first kappa shape index (κ1) is 27.9. The highest BCUT2D eigenvalue weighted by Gasteiger charge is 2.39. The molecule has 0 bridgehead atoms. The van der Waals surface area contributed by atoms with E-state index >= 15 is 0 Å². The maximum absolute atomic E-state index is 13.1. The molecule has 1 saturated heterocycles. The van der Waals surface area contributed by atoms with Gasteiger partial charge in [-0.05, 0) is 87.4 Å². The number of fused-ring (bicyclic) bond motifs is 3. The molecule has 196 valence electrons. The number of anilines is 1. The fourth-order valence-corrected chi connectivity index (χ4v) is 5.95. The number of hydrogen-bond acceptors (Lipinski definition) is 6. The zero-order valence-electron chi connectivity index (χ0n) is 20.3. The van der Waals surface area contributed by atoms with Crippen molar-refractivity contribution in [3.05, 3.63) is 51.7 Å². The summed E-state index contributed by atoms with van der Waals surface area (Å²) in [6.45, 7) is 3.54. The zero-order valence-corrected chi connectivity index (χ0v) is 21.9. The van der Waals surface area contributed by atoms with Gasteiger partial charge in [0.05, 0.1) is 23.5 Å². The molecule has 11 heteroatoms. The lowest BCUT2D eigenvalue weighted by atomic mass is 9.83. The number of ether oxygens (including phenoxy) is 1. The number of aryl methyl sites for hydroxylation is 1. The van der Waals surface area contributed by atoms with E-state index in [4.69, 9.17) is 4.74 Å². The number of alkyl halides is 3. The highest BCUT2D eigenvalue weighted by atomic mass is 32.2. The van der Waals surface area contributed by atoms with Gasteiger partial charge in [0.25, 0.3) is 0 Å². The first-order chi connectivity index (χ1) is 16.4. The Morgan fingerprint density at radius 2 is 2.00 bits per heavy atom. The summed E-state index contributed by atoms with van der Waals surface area (Å²) in [6, 6.07) is 5.75. The fraction of sp³-hybridized carbons (Fsp3) is 0.583. The van der Waals surface area contributed by atoms with Crippen LogP contribution >= 0.6 is 11.3 Å². The number of nitrogens with zero attached hydrogens (tertiary/aromatic N) is 1. The summed E-state index contributed by atoms with van der Waals surface area (Å²) in [6.07, 6.45) is -3.29. The minimum absolute atomic E-state index is 0.0334. The number of benzene rings is 1. The first-order valence-corrected chi connectivity index (χ1v) is 14.3. The summed E-state index contributed by atoms with van der Waals surface area (Å²) in [5.41, 5.74) is 1.80. The fourth-order valence-electron chi connectivity index (χ4n) is 4.20. The SMILES string of the molecule is CN(C)CCCS(=O)(=O)NCC1CCC2CNc3ccc(C(F)(F)F)cc3C2O1.Cc1ccsc1. The largest absolute Gasteiger partial charge is 0.416 e. The molecule has 2 N–H and O–H groups in total. The second-order valence-electron chi connectivity index (χ2n) is 9.32. The van der Waals surface area contributed by atoms with Crippen LogP contribution in [-0.4, -0.2) is 58.9 Å². The van der Waals surface area contributed by atoms with Gasteiger partial charge in [-0.2, -0.15) is 24.5 Å². The summed E-state index contributed by atoms with van der Waals surface area (Å²) < 4.78 is 72.4. The molecule has 2 aliphatic rings. The summed E-state index contributed by atoms with van der Waals surface area (Å²) in [7, 11) is 0.354. The first-order valence-electron chi connectivity index (χ1n) is 11.7. The standard InChI is InChI=1S/C19H28F3N3O3S.C5H6S/c1-25(2)8-3-9-29(26,27)24-12-15-6-4-13-11-23-17-7-5-14(19(20,21)22)10-16(17)18(13)28-15;1-5-2-3-6-4-5/h5,7,10,13,15,18,23-24H,3-4,6,8-9,11-12H2,1-2H3;2-4H,1H3. The molecule has 3 heterocycles. The molecule has 0 amide bonds. The van der Waals surface area contributed by atoms with E-state index in [9.17, 15) is 21.6 Å². The van der Waals surface area contributed by atoms with Gasteiger partial charge in [-0.15, -0.1) is 0 Å². The van der Waals surface area contributed by atoms with Crippen LogP contribution in [0.1, 0.15) is 42.1 Å². The Morgan fingerprint density at radius 1 is 1.23 bits per heavy atom. The highest BCUT2D eigenvalue weighted by Crippen LogP contribution is 2.44. The highest BCUT2D eigenvalue weighted by molar-refractivity contribution is 7.89. The van der Waals surface area contributed by atoms with Crippen LogP contribution in [-0.2, 0) is 20.9 Å². The van der Waals surface area contributed by atoms with Gasteiger partial charge in [0.2, 0.25) is 10.0 Å². The molecule has 4 rings (SSSR count). The number of nitrogens with one attached hydrogen (secondary N) is 2. The van der Waals surface area contributed by atoms with Crippen molar-refractivity contribution in [2.24, 2.45) is 5.92 Å². The van der Waals surface area contributed by atoms with E-state index in [0.717, 1.165) is 18.6 Å². The third-order valence-corrected chi connectivity index (χ3v) is 8.31. The van der Waals surface area contributed by atoms with Crippen LogP contribution in [0, 0.1) is 12.8 Å². The van der Waals surface area contributed by atoms with Crippen molar-refractivity contribution < 1.29 is 26.3 Å². The second-order valence-corrected chi connectivity index (χ2v) is 12.0. The van der Waals surface area contributed by atoms with Gasteiger partial charge in [-0.1, -0.05) is 0 Å². The van der Waals surface area contributed by atoms with Crippen molar-refractivity contribution in [2.75, 3.05) is 44.8 Å². The average Bonchev–Trinajstić information content (AvgIpc) is 3.27. The van der Waals surface area contributed by atoms with E-state index < -0.39 is 27.9 Å². The number of halogens is 3. The van der Waals surface area contributed by atoms with Crippen LogP contribution in [0.5, 0.6) is 0 Å². The molecule has 0 saturated carbocycles. The molecular weight excluding hydrogens is 499 g/mol. The van der Waals surface area contributed by atoms with Crippen LogP contribution in [0.4, 0.5) is 18.9 Å². The van der Waals surface area contributed by atoms with Crippen molar-refractivity contribution >= 4 is 27.0 Å². The molecule has 0 radical (unpaired) electrons. The number of sulfonamides is 1. The maximum Gasteiger partial charge on any atom is 0.416 e. The van der Waals surface area contributed by atoms with E-state index in [2.05, 4.69) is 33.8 Å². The van der Waals surface area contributed by atoms with Gasteiger partial charge >= 0.3 is 6.18 Å². The van der Waals surface area contributed by atoms with Crippen LogP contribution < -0.4 is 10.0 Å². The second kappa shape index (κ2) is 12.1. The van der Waals surface area contributed by atoms with E-state index in [0.29, 0.717) is 37.2 Å². The molecule has 0 aliphatic carbocycles. The predicted molar refractivity (Wildman–Crippen MR) is 134 cm³/mol. The lowest BCUT2D eigenvalue weighted by molar-refractivity contribution is -0.137. The minimum atomic E-state index is -4.42. The summed E-state index contributed by atoms with van der Waals surface area (Å²) in [5.74, 6) is 0.102. The smallest absolute Gasteiger partial charge is 0.384 e. The van der Waals surface area contributed by atoms with Crippen molar-refractivity contribution in [3.8, 4) is 0 Å². The van der Waals surface area contributed by atoms with Gasteiger partial charge in [0.1, 0.15) is 0 Å². The molecule has 1 fully saturated rings. The van der Waals surface area contributed by atoms with Gasteiger partial charge < -0.3 is 15.0 Å². The zero-order chi connectivity index (χ0) is 25.6. The molecule has 3 unspecified atom stereocenters. The average molecular weight is 534 g/mol. The van der Waals surface area contributed by atoms with Gasteiger partial charge in [0.15, 0.2) is 0 Å². The van der Waals surface area contributed by atoms with Crippen LogP contribution in [0.3, 0.4) is 0 Å².